The summed E-state index contributed by atoms with van der Waals surface area (Å²) in [6.07, 6.45) is -0.0267. The predicted molar refractivity (Wildman–Crippen MR) is 75.6 cm³/mol. The first-order chi connectivity index (χ1) is 9.19. The van der Waals surface area contributed by atoms with Gasteiger partial charge in [-0.25, -0.2) is 0 Å². The van der Waals surface area contributed by atoms with E-state index in [0.29, 0.717) is 19.8 Å². The summed E-state index contributed by atoms with van der Waals surface area (Å²) >= 11 is 3.39. The molecule has 1 aliphatic rings. The molecule has 1 fully saturated rings. The average Bonchev–Trinajstić information content (AvgIpc) is 2.42. The zero-order valence-electron chi connectivity index (χ0n) is 11.2. The lowest BCUT2D eigenvalue weighted by Crippen LogP contribution is -2.46. The first kappa shape index (κ1) is 14.8. The van der Waals surface area contributed by atoms with E-state index in [1.165, 1.54) is 0 Å². The number of methoxy groups -OCH3 is 1. The van der Waals surface area contributed by atoms with Crippen LogP contribution in [0.2, 0.25) is 0 Å². The molecule has 1 saturated heterocycles. The topological polar surface area (TPSA) is 36.9 Å². The highest BCUT2D eigenvalue weighted by atomic mass is 79.9. The molecule has 0 radical (unpaired) electrons. The lowest BCUT2D eigenvalue weighted by Gasteiger charge is -2.34. The van der Waals surface area contributed by atoms with Crippen LogP contribution in [-0.2, 0) is 14.2 Å². The van der Waals surface area contributed by atoms with Crippen molar-refractivity contribution in [1.82, 2.24) is 0 Å². The minimum atomic E-state index is -0.0556. The molecule has 3 unspecified atom stereocenters. The number of hydrogen-bond donors (Lipinski definition) is 0. The molecule has 0 N–H and O–H groups in total. The zero-order valence-corrected chi connectivity index (χ0v) is 12.8. The largest absolute Gasteiger partial charge is 0.491 e. The Morgan fingerprint density at radius 3 is 2.68 bits per heavy atom. The minimum absolute atomic E-state index is 0.0303. The van der Waals surface area contributed by atoms with E-state index in [2.05, 4.69) is 15.9 Å². The molecule has 1 aromatic carbocycles. The van der Waals surface area contributed by atoms with Gasteiger partial charge in [0.05, 0.1) is 19.3 Å². The Hall–Kier alpha value is -0.620. The molecule has 0 amide bonds. The number of hydrogen-bond acceptors (Lipinski definition) is 4. The standard InChI is InChI=1S/C14H19BrO4/c1-10-14(9-16-2)19-13(7-17-10)8-18-12-5-3-11(15)4-6-12/h3-6,10,13-14H,7-9H2,1-2H3. The summed E-state index contributed by atoms with van der Waals surface area (Å²) in [5.41, 5.74) is 0. The molecular formula is C14H19BrO4. The van der Waals surface area contributed by atoms with Crippen molar-refractivity contribution >= 4 is 15.9 Å². The number of halogens is 1. The number of benzene rings is 1. The van der Waals surface area contributed by atoms with Gasteiger partial charge >= 0.3 is 0 Å². The maximum absolute atomic E-state index is 5.90. The lowest BCUT2D eigenvalue weighted by atomic mass is 10.2. The van der Waals surface area contributed by atoms with Crippen LogP contribution in [0.5, 0.6) is 5.75 Å². The maximum atomic E-state index is 5.90. The third kappa shape index (κ3) is 4.45. The van der Waals surface area contributed by atoms with Gasteiger partial charge in [0.25, 0.3) is 0 Å². The van der Waals surface area contributed by atoms with Gasteiger partial charge in [-0.15, -0.1) is 0 Å². The second-order valence-electron chi connectivity index (χ2n) is 4.56. The fourth-order valence-corrected chi connectivity index (χ4v) is 2.17. The Morgan fingerprint density at radius 2 is 2.00 bits per heavy atom. The van der Waals surface area contributed by atoms with E-state index in [-0.39, 0.29) is 18.3 Å². The summed E-state index contributed by atoms with van der Waals surface area (Å²) in [4.78, 5) is 0. The molecule has 5 heteroatoms. The predicted octanol–water partition coefficient (Wildman–Crippen LogP) is 2.65. The minimum Gasteiger partial charge on any atom is -0.491 e. The highest BCUT2D eigenvalue weighted by Gasteiger charge is 2.29. The van der Waals surface area contributed by atoms with Gasteiger partial charge in [0.2, 0.25) is 0 Å². The molecule has 1 heterocycles. The van der Waals surface area contributed by atoms with E-state index in [4.69, 9.17) is 18.9 Å². The van der Waals surface area contributed by atoms with Crippen molar-refractivity contribution in [3.8, 4) is 5.75 Å². The number of rotatable bonds is 5. The Labute approximate surface area is 122 Å². The van der Waals surface area contributed by atoms with Crippen molar-refractivity contribution in [2.75, 3.05) is 26.9 Å². The van der Waals surface area contributed by atoms with Crippen LogP contribution in [0.1, 0.15) is 6.92 Å². The van der Waals surface area contributed by atoms with Crippen molar-refractivity contribution in [3.63, 3.8) is 0 Å². The molecule has 0 saturated carbocycles. The van der Waals surface area contributed by atoms with Gasteiger partial charge in [0, 0.05) is 11.6 Å². The quantitative estimate of drug-likeness (QED) is 0.831. The molecule has 19 heavy (non-hydrogen) atoms. The van der Waals surface area contributed by atoms with Crippen LogP contribution in [-0.4, -0.2) is 45.2 Å². The Kier molecular flexibility index (Phi) is 5.63. The van der Waals surface area contributed by atoms with Crippen LogP contribution in [0.4, 0.5) is 0 Å². The molecule has 0 bridgehead atoms. The van der Waals surface area contributed by atoms with Gasteiger partial charge in [0.1, 0.15) is 24.6 Å². The molecular weight excluding hydrogens is 312 g/mol. The van der Waals surface area contributed by atoms with Crippen molar-refractivity contribution in [2.45, 2.75) is 25.2 Å². The maximum Gasteiger partial charge on any atom is 0.119 e. The molecule has 3 atom stereocenters. The highest BCUT2D eigenvalue weighted by molar-refractivity contribution is 9.10. The van der Waals surface area contributed by atoms with E-state index in [1.54, 1.807) is 7.11 Å². The zero-order chi connectivity index (χ0) is 13.7. The summed E-state index contributed by atoms with van der Waals surface area (Å²) < 4.78 is 23.4. The SMILES string of the molecule is COCC1OC(COc2ccc(Br)cc2)COC1C. The smallest absolute Gasteiger partial charge is 0.119 e. The van der Waals surface area contributed by atoms with Crippen LogP contribution >= 0.6 is 15.9 Å². The van der Waals surface area contributed by atoms with E-state index in [1.807, 2.05) is 31.2 Å². The molecule has 0 spiro atoms. The second kappa shape index (κ2) is 7.24. The first-order valence-electron chi connectivity index (χ1n) is 6.33. The van der Waals surface area contributed by atoms with Gasteiger partial charge in [-0.2, -0.15) is 0 Å². The summed E-state index contributed by atoms with van der Waals surface area (Å²) in [6.45, 7) is 3.57. The van der Waals surface area contributed by atoms with E-state index in [9.17, 15) is 0 Å². The van der Waals surface area contributed by atoms with Gasteiger partial charge in [-0.1, -0.05) is 15.9 Å². The van der Waals surface area contributed by atoms with E-state index < -0.39 is 0 Å². The van der Waals surface area contributed by atoms with Gasteiger partial charge in [0.15, 0.2) is 0 Å². The van der Waals surface area contributed by atoms with Crippen LogP contribution in [0.3, 0.4) is 0 Å². The normalized spacial score (nSPS) is 27.2. The van der Waals surface area contributed by atoms with Crippen molar-refractivity contribution in [1.29, 1.82) is 0 Å². The summed E-state index contributed by atoms with van der Waals surface area (Å²) in [5, 5.41) is 0. The van der Waals surface area contributed by atoms with Gasteiger partial charge < -0.3 is 18.9 Å². The Bertz CT molecular complexity index is 382. The Balaban J connectivity index is 1.81. The van der Waals surface area contributed by atoms with Crippen molar-refractivity contribution < 1.29 is 18.9 Å². The third-order valence-electron chi connectivity index (χ3n) is 3.02. The molecule has 1 aliphatic heterocycles. The summed E-state index contributed by atoms with van der Waals surface area (Å²) in [5.74, 6) is 0.828. The number of ether oxygens (including phenoxy) is 4. The average molecular weight is 331 g/mol. The van der Waals surface area contributed by atoms with Crippen LogP contribution < -0.4 is 4.74 Å². The second-order valence-corrected chi connectivity index (χ2v) is 5.47. The fourth-order valence-electron chi connectivity index (χ4n) is 1.91. The lowest BCUT2D eigenvalue weighted by molar-refractivity contribution is -0.194. The molecule has 0 aliphatic carbocycles. The van der Waals surface area contributed by atoms with Gasteiger partial charge in [-0.3, -0.25) is 0 Å². The van der Waals surface area contributed by atoms with Crippen molar-refractivity contribution in [2.24, 2.45) is 0 Å². The molecule has 0 aromatic heterocycles. The molecule has 1 aromatic rings. The fraction of sp³-hybridized carbons (Fsp3) is 0.571. The van der Waals surface area contributed by atoms with Gasteiger partial charge in [-0.05, 0) is 31.2 Å². The Morgan fingerprint density at radius 1 is 1.26 bits per heavy atom. The molecule has 4 nitrogen and oxygen atoms in total. The molecule has 106 valence electrons. The summed E-state index contributed by atoms with van der Waals surface area (Å²) in [6, 6.07) is 7.73. The van der Waals surface area contributed by atoms with Crippen molar-refractivity contribution in [3.05, 3.63) is 28.7 Å². The van der Waals surface area contributed by atoms with E-state index in [0.717, 1.165) is 10.2 Å². The van der Waals surface area contributed by atoms with Crippen LogP contribution in [0, 0.1) is 0 Å². The highest BCUT2D eigenvalue weighted by Crippen LogP contribution is 2.19. The third-order valence-corrected chi connectivity index (χ3v) is 3.54. The monoisotopic (exact) mass is 330 g/mol. The summed E-state index contributed by atoms with van der Waals surface area (Å²) in [7, 11) is 1.66. The van der Waals surface area contributed by atoms with Crippen LogP contribution in [0.25, 0.3) is 0 Å². The van der Waals surface area contributed by atoms with E-state index >= 15 is 0 Å². The van der Waals surface area contributed by atoms with Crippen LogP contribution in [0.15, 0.2) is 28.7 Å². The first-order valence-corrected chi connectivity index (χ1v) is 7.12. The molecule has 2 rings (SSSR count).